The van der Waals surface area contributed by atoms with Gasteiger partial charge in [-0.2, -0.15) is 0 Å². The maximum Gasteiger partial charge on any atom is 0.119 e. The minimum Gasteiger partial charge on any atom is -0.497 e. The average Bonchev–Trinajstić information content (AvgIpc) is 2.96. The fourth-order valence-electron chi connectivity index (χ4n) is 3.40. The van der Waals surface area contributed by atoms with Crippen molar-refractivity contribution in [2.45, 2.75) is 56.7 Å². The zero-order valence-corrected chi connectivity index (χ0v) is 12.5. The van der Waals surface area contributed by atoms with Crippen molar-refractivity contribution in [1.29, 1.82) is 0 Å². The molecule has 1 saturated heterocycles. The molecule has 2 unspecified atom stereocenters. The summed E-state index contributed by atoms with van der Waals surface area (Å²) in [5.41, 5.74) is 1.41. The predicted molar refractivity (Wildman–Crippen MR) is 80.3 cm³/mol. The molecule has 0 aromatic heterocycles. The van der Waals surface area contributed by atoms with Crippen LogP contribution in [0.2, 0.25) is 0 Å². The van der Waals surface area contributed by atoms with Gasteiger partial charge in [0.25, 0.3) is 0 Å². The van der Waals surface area contributed by atoms with E-state index in [2.05, 4.69) is 30.4 Å². The van der Waals surface area contributed by atoms with Crippen LogP contribution < -0.4 is 10.1 Å². The smallest absolute Gasteiger partial charge is 0.119 e. The van der Waals surface area contributed by atoms with Crippen molar-refractivity contribution in [3.05, 3.63) is 29.8 Å². The molecule has 0 radical (unpaired) electrons. The Kier molecular flexibility index (Phi) is 4.27. The zero-order valence-electron chi connectivity index (χ0n) is 12.5. The zero-order chi connectivity index (χ0) is 13.9. The molecule has 0 spiro atoms. The van der Waals surface area contributed by atoms with E-state index in [-0.39, 0.29) is 0 Å². The van der Waals surface area contributed by atoms with Gasteiger partial charge in [-0.1, -0.05) is 12.1 Å². The van der Waals surface area contributed by atoms with Crippen LogP contribution in [-0.4, -0.2) is 31.9 Å². The lowest BCUT2D eigenvalue weighted by atomic mass is 9.75. The first-order valence-electron chi connectivity index (χ1n) is 7.78. The first-order valence-corrected chi connectivity index (χ1v) is 7.78. The lowest BCUT2D eigenvalue weighted by Gasteiger charge is -2.39. The predicted octanol–water partition coefficient (Wildman–Crippen LogP) is 3.10. The Labute approximate surface area is 121 Å². The molecule has 3 heteroatoms. The van der Waals surface area contributed by atoms with Crippen LogP contribution in [0.5, 0.6) is 5.75 Å². The van der Waals surface area contributed by atoms with Crippen LogP contribution >= 0.6 is 0 Å². The molecule has 2 aliphatic rings. The molecule has 20 heavy (non-hydrogen) atoms. The van der Waals surface area contributed by atoms with Crippen LogP contribution in [-0.2, 0) is 4.74 Å². The van der Waals surface area contributed by atoms with Gasteiger partial charge in [0, 0.05) is 18.7 Å². The second-order valence-corrected chi connectivity index (χ2v) is 6.15. The Morgan fingerprint density at radius 3 is 2.90 bits per heavy atom. The average molecular weight is 275 g/mol. The second-order valence-electron chi connectivity index (χ2n) is 6.15. The van der Waals surface area contributed by atoms with Crippen LogP contribution in [0.3, 0.4) is 0 Å². The molecule has 2 atom stereocenters. The molecule has 3 rings (SSSR count). The first kappa shape index (κ1) is 13.9. The molecule has 1 aliphatic carbocycles. The summed E-state index contributed by atoms with van der Waals surface area (Å²) in [5.74, 6) is 1.64. The highest BCUT2D eigenvalue weighted by Crippen LogP contribution is 2.38. The number of benzene rings is 1. The lowest BCUT2D eigenvalue weighted by Crippen LogP contribution is -2.48. The SMILES string of the molecule is COc1cccc(C2CC(NC(C)C3CCCO3)C2)c1. The van der Waals surface area contributed by atoms with E-state index in [1.165, 1.54) is 31.2 Å². The highest BCUT2D eigenvalue weighted by molar-refractivity contribution is 5.32. The third-order valence-electron chi connectivity index (χ3n) is 4.72. The van der Waals surface area contributed by atoms with Crippen molar-refractivity contribution < 1.29 is 9.47 Å². The molecule has 1 aromatic carbocycles. The topological polar surface area (TPSA) is 30.5 Å². The molecule has 2 fully saturated rings. The fourth-order valence-corrected chi connectivity index (χ4v) is 3.40. The van der Waals surface area contributed by atoms with Gasteiger partial charge >= 0.3 is 0 Å². The summed E-state index contributed by atoms with van der Waals surface area (Å²) >= 11 is 0. The largest absolute Gasteiger partial charge is 0.497 e. The fraction of sp³-hybridized carbons (Fsp3) is 0.647. The quantitative estimate of drug-likeness (QED) is 0.895. The molecule has 0 amide bonds. The monoisotopic (exact) mass is 275 g/mol. The summed E-state index contributed by atoms with van der Waals surface area (Å²) in [5, 5.41) is 3.73. The van der Waals surface area contributed by atoms with Gasteiger partial charge in [-0.05, 0) is 56.2 Å². The lowest BCUT2D eigenvalue weighted by molar-refractivity contribution is 0.0731. The van der Waals surface area contributed by atoms with Gasteiger partial charge in [0.2, 0.25) is 0 Å². The second kappa shape index (κ2) is 6.15. The number of nitrogens with one attached hydrogen (secondary N) is 1. The van der Waals surface area contributed by atoms with Crippen LogP contribution in [0.4, 0.5) is 0 Å². The number of hydrogen-bond acceptors (Lipinski definition) is 3. The van der Waals surface area contributed by atoms with E-state index in [1.807, 2.05) is 6.07 Å². The maximum absolute atomic E-state index is 5.75. The Hall–Kier alpha value is -1.06. The summed E-state index contributed by atoms with van der Waals surface area (Å²) in [6, 6.07) is 9.61. The van der Waals surface area contributed by atoms with E-state index in [9.17, 15) is 0 Å². The summed E-state index contributed by atoms with van der Waals surface area (Å²) in [7, 11) is 1.73. The molecule has 3 nitrogen and oxygen atoms in total. The third-order valence-corrected chi connectivity index (χ3v) is 4.72. The van der Waals surface area contributed by atoms with Crippen molar-refractivity contribution in [3.8, 4) is 5.75 Å². The van der Waals surface area contributed by atoms with Gasteiger partial charge in [0.15, 0.2) is 0 Å². The number of rotatable bonds is 5. The molecule has 0 bridgehead atoms. The molecule has 1 saturated carbocycles. The molecule has 110 valence electrons. The summed E-state index contributed by atoms with van der Waals surface area (Å²) in [4.78, 5) is 0. The summed E-state index contributed by atoms with van der Waals surface area (Å²) in [6.07, 6.45) is 5.30. The Bertz CT molecular complexity index is 436. The van der Waals surface area contributed by atoms with Gasteiger partial charge in [-0.3, -0.25) is 0 Å². The van der Waals surface area contributed by atoms with Crippen LogP contribution in [0.25, 0.3) is 0 Å². The van der Waals surface area contributed by atoms with Crippen molar-refractivity contribution >= 4 is 0 Å². The van der Waals surface area contributed by atoms with Gasteiger partial charge in [-0.25, -0.2) is 0 Å². The van der Waals surface area contributed by atoms with E-state index in [1.54, 1.807) is 7.11 Å². The van der Waals surface area contributed by atoms with E-state index >= 15 is 0 Å². The van der Waals surface area contributed by atoms with Gasteiger partial charge in [0.1, 0.15) is 5.75 Å². The molecule has 1 aliphatic heterocycles. The van der Waals surface area contributed by atoms with Gasteiger partial charge < -0.3 is 14.8 Å². The molecule has 1 aromatic rings. The number of methoxy groups -OCH3 is 1. The third kappa shape index (κ3) is 2.99. The van der Waals surface area contributed by atoms with Crippen LogP contribution in [0.1, 0.15) is 44.1 Å². The number of hydrogen-bond donors (Lipinski definition) is 1. The van der Waals surface area contributed by atoms with Crippen LogP contribution in [0, 0.1) is 0 Å². The Morgan fingerprint density at radius 2 is 2.20 bits per heavy atom. The number of ether oxygens (including phenoxy) is 2. The minimum absolute atomic E-state index is 0.422. The Balaban J connectivity index is 1.48. The molecule has 1 N–H and O–H groups in total. The van der Waals surface area contributed by atoms with Crippen molar-refractivity contribution in [2.24, 2.45) is 0 Å². The van der Waals surface area contributed by atoms with E-state index < -0.39 is 0 Å². The standard InChI is InChI=1S/C17H25NO2/c1-12(17-7-4-8-20-17)18-15-9-14(10-15)13-5-3-6-16(11-13)19-2/h3,5-6,11-12,14-15,17-18H,4,7-10H2,1-2H3. The molecule has 1 heterocycles. The first-order chi connectivity index (χ1) is 9.76. The van der Waals surface area contributed by atoms with Crippen molar-refractivity contribution in [3.63, 3.8) is 0 Å². The van der Waals surface area contributed by atoms with Crippen molar-refractivity contribution in [2.75, 3.05) is 13.7 Å². The van der Waals surface area contributed by atoms with Crippen LogP contribution in [0.15, 0.2) is 24.3 Å². The summed E-state index contributed by atoms with van der Waals surface area (Å²) in [6.45, 7) is 3.20. The normalized spacial score (nSPS) is 30.8. The maximum atomic E-state index is 5.75. The molecular weight excluding hydrogens is 250 g/mol. The highest BCUT2D eigenvalue weighted by atomic mass is 16.5. The van der Waals surface area contributed by atoms with Gasteiger partial charge in [0.05, 0.1) is 13.2 Å². The van der Waals surface area contributed by atoms with E-state index in [0.717, 1.165) is 12.4 Å². The van der Waals surface area contributed by atoms with E-state index in [0.29, 0.717) is 24.1 Å². The minimum atomic E-state index is 0.422. The van der Waals surface area contributed by atoms with Crippen molar-refractivity contribution in [1.82, 2.24) is 5.32 Å². The van der Waals surface area contributed by atoms with Gasteiger partial charge in [-0.15, -0.1) is 0 Å². The summed E-state index contributed by atoms with van der Waals surface area (Å²) < 4.78 is 11.0. The Morgan fingerprint density at radius 1 is 1.35 bits per heavy atom. The molecular formula is C17H25NO2. The highest BCUT2D eigenvalue weighted by Gasteiger charge is 2.33. The van der Waals surface area contributed by atoms with E-state index in [4.69, 9.17) is 9.47 Å².